The number of nitrogens with zero attached hydrogens (tertiary/aromatic N) is 1. The van der Waals surface area contributed by atoms with Crippen LogP contribution in [0.3, 0.4) is 0 Å². The van der Waals surface area contributed by atoms with E-state index in [1.165, 1.54) is 0 Å². The molecule has 0 aliphatic heterocycles. The molecular formula is C32H46N2O4S2. The molecule has 0 saturated carbocycles. The third kappa shape index (κ3) is 5.57. The van der Waals surface area contributed by atoms with Gasteiger partial charge < -0.3 is 0 Å². The van der Waals surface area contributed by atoms with Gasteiger partial charge in [-0.3, -0.25) is 0 Å². The Morgan fingerprint density at radius 3 is 1.85 bits per heavy atom. The van der Waals surface area contributed by atoms with E-state index in [4.69, 9.17) is 0 Å². The van der Waals surface area contributed by atoms with Gasteiger partial charge in [-0.25, -0.2) is 21.6 Å². The molecule has 3 aromatic rings. The average molecular weight is 587 g/mol. The number of nitrogens with one attached hydrogen (secondary N) is 1. The topological polar surface area (TPSA) is 83.5 Å². The van der Waals surface area contributed by atoms with Gasteiger partial charge in [0, 0.05) is 26.1 Å². The summed E-state index contributed by atoms with van der Waals surface area (Å²) in [6.07, 6.45) is 0.222. The maximum Gasteiger partial charge on any atom is 0.239 e. The van der Waals surface area contributed by atoms with Crippen LogP contribution in [0, 0.1) is 23.7 Å². The maximum absolute atomic E-state index is 14.7. The highest BCUT2D eigenvalue weighted by Gasteiger charge is 2.51. The third-order valence-corrected chi connectivity index (χ3v) is 11.8. The van der Waals surface area contributed by atoms with Gasteiger partial charge in [0.2, 0.25) is 20.0 Å². The van der Waals surface area contributed by atoms with Crippen LogP contribution >= 0.6 is 0 Å². The first-order valence-electron chi connectivity index (χ1n) is 14.6. The van der Waals surface area contributed by atoms with Gasteiger partial charge in [0.1, 0.15) is 4.75 Å². The van der Waals surface area contributed by atoms with Crippen LogP contribution < -0.4 is 9.94 Å². The summed E-state index contributed by atoms with van der Waals surface area (Å²) in [6.45, 7) is 17.1. The molecule has 3 aromatic carbocycles. The number of sulfonamides is 2. The largest absolute Gasteiger partial charge is 0.239 e. The highest BCUT2D eigenvalue weighted by Crippen LogP contribution is 2.49. The minimum absolute atomic E-state index is 0.0147. The Balaban J connectivity index is 2.16. The van der Waals surface area contributed by atoms with E-state index in [1.54, 1.807) is 4.31 Å². The highest BCUT2D eigenvalue weighted by molar-refractivity contribution is 7.98. The summed E-state index contributed by atoms with van der Waals surface area (Å²) < 4.78 is 61.4. The molecule has 0 bridgehead atoms. The van der Waals surface area contributed by atoms with Gasteiger partial charge in [-0.05, 0) is 62.4 Å². The van der Waals surface area contributed by atoms with Crippen LogP contribution in [0.15, 0.2) is 42.5 Å². The van der Waals surface area contributed by atoms with Crippen LogP contribution in [0.5, 0.6) is 0 Å². The second-order valence-corrected chi connectivity index (χ2v) is 17.3. The van der Waals surface area contributed by atoms with E-state index >= 15 is 0 Å². The SMILES string of the molecule is CC(C)CNS(=O)(=O)C1(CC(C)C)CC(S(=O)(=O)N(CC(C)C)CC(C)C)=c2ccc3cccc4ccc1c2c43. The maximum atomic E-state index is 14.7. The first kappa shape index (κ1) is 30.9. The van der Waals surface area contributed by atoms with Crippen molar-refractivity contribution in [1.29, 1.82) is 0 Å². The zero-order chi connectivity index (χ0) is 29.6. The van der Waals surface area contributed by atoms with Crippen LogP contribution in [-0.4, -0.2) is 40.8 Å². The Kier molecular flexibility index (Phi) is 8.78. The summed E-state index contributed by atoms with van der Waals surface area (Å²) in [4.78, 5) is 0.218. The smallest absolute Gasteiger partial charge is 0.214 e. The van der Waals surface area contributed by atoms with Crippen molar-refractivity contribution in [1.82, 2.24) is 9.03 Å². The summed E-state index contributed by atoms with van der Waals surface area (Å²) >= 11 is 0. The van der Waals surface area contributed by atoms with Gasteiger partial charge in [-0.15, -0.1) is 0 Å². The molecule has 1 aliphatic rings. The molecule has 4 rings (SSSR count). The van der Waals surface area contributed by atoms with Crippen LogP contribution in [0.2, 0.25) is 0 Å². The number of rotatable bonds is 12. The molecule has 8 heteroatoms. The summed E-state index contributed by atoms with van der Waals surface area (Å²) in [6, 6.07) is 13.8. The summed E-state index contributed by atoms with van der Waals surface area (Å²) in [5.41, 5.74) is 0.704. The minimum Gasteiger partial charge on any atom is -0.214 e. The molecular weight excluding hydrogens is 540 g/mol. The average Bonchev–Trinajstić information content (AvgIpc) is 2.85. The fourth-order valence-electron chi connectivity index (χ4n) is 6.22. The lowest BCUT2D eigenvalue weighted by Gasteiger charge is -2.40. The predicted octanol–water partition coefficient (Wildman–Crippen LogP) is 5.98. The van der Waals surface area contributed by atoms with Gasteiger partial charge in [-0.2, -0.15) is 4.31 Å². The second-order valence-electron chi connectivity index (χ2n) is 13.2. The molecule has 0 saturated heterocycles. The van der Waals surface area contributed by atoms with E-state index in [-0.39, 0.29) is 35.0 Å². The van der Waals surface area contributed by atoms with Gasteiger partial charge in [0.05, 0.1) is 4.91 Å². The van der Waals surface area contributed by atoms with Crippen molar-refractivity contribution in [2.45, 2.75) is 73.0 Å². The first-order chi connectivity index (χ1) is 18.6. The number of benzene rings is 3. The Bertz CT molecular complexity index is 1630. The molecule has 0 spiro atoms. The van der Waals surface area contributed by atoms with Crippen LogP contribution in [0.1, 0.15) is 73.8 Å². The van der Waals surface area contributed by atoms with Crippen molar-refractivity contribution in [2.75, 3.05) is 19.6 Å². The van der Waals surface area contributed by atoms with E-state index in [1.807, 2.05) is 97.9 Å². The predicted molar refractivity (Wildman–Crippen MR) is 168 cm³/mol. The van der Waals surface area contributed by atoms with Crippen molar-refractivity contribution in [3.8, 4) is 0 Å². The normalized spacial score (nSPS) is 18.5. The Morgan fingerprint density at radius 2 is 1.32 bits per heavy atom. The van der Waals surface area contributed by atoms with E-state index in [9.17, 15) is 16.8 Å². The molecule has 0 fully saturated rings. The van der Waals surface area contributed by atoms with Crippen LogP contribution in [-0.2, 0) is 24.8 Å². The Labute approximate surface area is 241 Å². The molecule has 40 heavy (non-hydrogen) atoms. The molecule has 1 unspecified atom stereocenters. The fourth-order valence-corrected chi connectivity index (χ4v) is 10.7. The van der Waals surface area contributed by atoms with Crippen molar-refractivity contribution < 1.29 is 16.8 Å². The summed E-state index contributed by atoms with van der Waals surface area (Å²) in [5, 5.41) is 4.27. The first-order valence-corrected chi connectivity index (χ1v) is 17.5. The Hall–Kier alpha value is -2.00. The van der Waals surface area contributed by atoms with E-state index < -0.39 is 24.8 Å². The van der Waals surface area contributed by atoms with Gasteiger partial charge >= 0.3 is 0 Å². The van der Waals surface area contributed by atoms with Crippen molar-refractivity contribution in [3.05, 3.63) is 53.2 Å². The van der Waals surface area contributed by atoms with Crippen LogP contribution in [0.4, 0.5) is 0 Å². The van der Waals surface area contributed by atoms with Crippen LogP contribution in [0.25, 0.3) is 26.5 Å². The lowest BCUT2D eigenvalue weighted by molar-refractivity contribution is 0.336. The summed E-state index contributed by atoms with van der Waals surface area (Å²) in [7, 11) is -7.97. The van der Waals surface area contributed by atoms with Gasteiger partial charge in [-0.1, -0.05) is 97.9 Å². The number of hydrogen-bond acceptors (Lipinski definition) is 4. The van der Waals surface area contributed by atoms with E-state index in [2.05, 4.69) is 4.72 Å². The highest BCUT2D eigenvalue weighted by atomic mass is 32.2. The zero-order valence-electron chi connectivity index (χ0n) is 25.3. The molecule has 220 valence electrons. The fraction of sp³-hybridized carbons (Fsp3) is 0.562. The Morgan fingerprint density at radius 1 is 0.750 bits per heavy atom. The second kappa shape index (κ2) is 11.3. The molecule has 0 radical (unpaired) electrons. The van der Waals surface area contributed by atoms with E-state index in [0.29, 0.717) is 36.8 Å². The quantitative estimate of drug-likeness (QED) is 0.283. The lowest BCUT2D eigenvalue weighted by atomic mass is 9.79. The van der Waals surface area contributed by atoms with E-state index in [0.717, 1.165) is 21.5 Å². The van der Waals surface area contributed by atoms with Gasteiger partial charge in [0.15, 0.2) is 0 Å². The zero-order valence-corrected chi connectivity index (χ0v) is 26.9. The molecule has 1 atom stereocenters. The monoisotopic (exact) mass is 586 g/mol. The van der Waals surface area contributed by atoms with Crippen molar-refractivity contribution in [2.24, 2.45) is 23.7 Å². The minimum atomic E-state index is -3.99. The molecule has 6 nitrogen and oxygen atoms in total. The molecule has 0 heterocycles. The van der Waals surface area contributed by atoms with Crippen molar-refractivity contribution >= 4 is 46.5 Å². The van der Waals surface area contributed by atoms with Gasteiger partial charge in [0.25, 0.3) is 0 Å². The third-order valence-electron chi connectivity index (χ3n) is 7.74. The van der Waals surface area contributed by atoms with Crippen molar-refractivity contribution in [3.63, 3.8) is 0 Å². The standard InChI is InChI=1S/C32H46N2O4S2/c1-21(2)16-32(40(37,38)33-18-22(3)4)17-29(39(35,36)34(19-23(5)6)20-24(7)8)27-14-12-25-10-9-11-26-13-15-28(32)31(27)30(25)26/h9-15,21-24,33H,16-20H2,1-8H3. The summed E-state index contributed by atoms with van der Waals surface area (Å²) in [5.74, 6) is 0.379. The molecule has 1 N–H and O–H groups in total. The lowest BCUT2D eigenvalue weighted by Crippen LogP contribution is -2.50. The molecule has 0 aromatic heterocycles. The number of hydrogen-bond donors (Lipinski definition) is 1. The molecule has 1 aliphatic carbocycles. The molecule has 0 amide bonds.